The highest BCUT2D eigenvalue weighted by Crippen LogP contribution is 2.19. The smallest absolute Gasteiger partial charge is 0.183 e. The van der Waals surface area contributed by atoms with E-state index < -0.39 is 0 Å². The maximum absolute atomic E-state index is 4.37. The molecule has 0 saturated heterocycles. The summed E-state index contributed by atoms with van der Waals surface area (Å²) in [6.45, 7) is 0. The first-order valence-corrected chi connectivity index (χ1v) is 6.99. The molecule has 0 atom stereocenters. The molecule has 2 aromatic heterocycles. The molecule has 0 unspecified atom stereocenters. The molecule has 3 rings (SSSR count). The van der Waals surface area contributed by atoms with Crippen LogP contribution in [0.5, 0.6) is 0 Å². The molecule has 5 nitrogen and oxygen atoms in total. The maximum Gasteiger partial charge on any atom is 0.183 e. The van der Waals surface area contributed by atoms with Crippen LogP contribution in [-0.4, -0.2) is 25.0 Å². The van der Waals surface area contributed by atoms with Crippen LogP contribution in [0, 0.1) is 0 Å². The molecule has 7 heteroatoms. The quantitative estimate of drug-likeness (QED) is 0.640. The van der Waals surface area contributed by atoms with Crippen LogP contribution in [-0.2, 0) is 0 Å². The first-order chi connectivity index (χ1) is 9.22. The summed E-state index contributed by atoms with van der Waals surface area (Å²) in [5.74, 6) is 0.517. The van der Waals surface area contributed by atoms with Gasteiger partial charge in [-0.05, 0) is 44.0 Å². The van der Waals surface area contributed by atoms with Crippen molar-refractivity contribution in [2.45, 2.75) is 0 Å². The van der Waals surface area contributed by atoms with Crippen LogP contribution >= 0.6 is 31.9 Å². The second kappa shape index (κ2) is 5.18. The SMILES string of the molecule is Brc1cc(Br)nc(-c2cnn(-c3ccccc3)n2)n1. The summed E-state index contributed by atoms with van der Waals surface area (Å²) < 4.78 is 1.39. The molecular formula is C12H7Br2N5. The van der Waals surface area contributed by atoms with Crippen LogP contribution in [0.15, 0.2) is 51.8 Å². The Labute approximate surface area is 126 Å². The maximum atomic E-state index is 4.37. The van der Waals surface area contributed by atoms with Crippen molar-refractivity contribution in [1.29, 1.82) is 0 Å². The number of para-hydroxylation sites is 1. The molecular weight excluding hydrogens is 374 g/mol. The van der Waals surface area contributed by atoms with E-state index in [-0.39, 0.29) is 0 Å². The summed E-state index contributed by atoms with van der Waals surface area (Å²) in [6.07, 6.45) is 1.64. The van der Waals surface area contributed by atoms with Crippen LogP contribution < -0.4 is 0 Å². The molecule has 0 aliphatic rings. The lowest BCUT2D eigenvalue weighted by Crippen LogP contribution is -1.98. The summed E-state index contributed by atoms with van der Waals surface area (Å²) in [5.41, 5.74) is 1.51. The molecule has 1 aromatic carbocycles. The van der Waals surface area contributed by atoms with E-state index in [9.17, 15) is 0 Å². The van der Waals surface area contributed by atoms with Gasteiger partial charge in [-0.25, -0.2) is 9.97 Å². The van der Waals surface area contributed by atoms with Gasteiger partial charge in [-0.3, -0.25) is 0 Å². The van der Waals surface area contributed by atoms with Crippen molar-refractivity contribution in [3.8, 4) is 17.2 Å². The van der Waals surface area contributed by atoms with E-state index in [1.54, 1.807) is 17.1 Å². The second-order valence-corrected chi connectivity index (χ2v) is 5.32. The van der Waals surface area contributed by atoms with Gasteiger partial charge in [0.05, 0.1) is 11.9 Å². The molecule has 3 aromatic rings. The van der Waals surface area contributed by atoms with Gasteiger partial charge in [0.25, 0.3) is 0 Å². The number of aromatic nitrogens is 5. The van der Waals surface area contributed by atoms with E-state index in [4.69, 9.17) is 0 Å². The molecule has 0 bridgehead atoms. The lowest BCUT2D eigenvalue weighted by atomic mass is 10.3. The molecule has 0 amide bonds. The number of benzene rings is 1. The van der Waals surface area contributed by atoms with E-state index >= 15 is 0 Å². The molecule has 94 valence electrons. The van der Waals surface area contributed by atoms with Gasteiger partial charge in [0.15, 0.2) is 11.5 Å². The third-order valence-corrected chi connectivity index (χ3v) is 3.18. The predicted molar refractivity (Wildman–Crippen MR) is 77.8 cm³/mol. The molecule has 0 spiro atoms. The van der Waals surface area contributed by atoms with E-state index in [1.807, 2.05) is 30.3 Å². The number of hydrogen-bond donors (Lipinski definition) is 0. The largest absolute Gasteiger partial charge is 0.219 e. The molecule has 0 saturated carbocycles. The topological polar surface area (TPSA) is 56.5 Å². The van der Waals surface area contributed by atoms with E-state index in [1.165, 1.54) is 0 Å². The highest BCUT2D eigenvalue weighted by Gasteiger charge is 2.09. The summed E-state index contributed by atoms with van der Waals surface area (Å²) >= 11 is 6.65. The highest BCUT2D eigenvalue weighted by molar-refractivity contribution is 9.11. The van der Waals surface area contributed by atoms with Gasteiger partial charge < -0.3 is 0 Å². The monoisotopic (exact) mass is 379 g/mol. The summed E-state index contributed by atoms with van der Waals surface area (Å²) in [5, 5.41) is 8.59. The number of hydrogen-bond acceptors (Lipinski definition) is 4. The van der Waals surface area contributed by atoms with E-state index in [2.05, 4.69) is 52.0 Å². The van der Waals surface area contributed by atoms with E-state index in [0.29, 0.717) is 20.7 Å². The van der Waals surface area contributed by atoms with Gasteiger partial charge >= 0.3 is 0 Å². The third-order valence-electron chi connectivity index (χ3n) is 2.37. The zero-order chi connectivity index (χ0) is 13.2. The van der Waals surface area contributed by atoms with Crippen LogP contribution in [0.3, 0.4) is 0 Å². The third kappa shape index (κ3) is 2.71. The fraction of sp³-hybridized carbons (Fsp3) is 0. The van der Waals surface area contributed by atoms with Gasteiger partial charge in [-0.1, -0.05) is 18.2 Å². The standard InChI is InChI=1S/C12H7Br2N5/c13-10-6-11(14)17-12(16-10)9-7-15-19(18-9)8-4-2-1-3-5-8/h1-7H. The second-order valence-electron chi connectivity index (χ2n) is 3.69. The Morgan fingerprint density at radius 2 is 1.63 bits per heavy atom. The van der Waals surface area contributed by atoms with Crippen LogP contribution in [0.1, 0.15) is 0 Å². The molecule has 0 N–H and O–H groups in total. The Kier molecular flexibility index (Phi) is 3.39. The summed E-state index contributed by atoms with van der Waals surface area (Å²) in [7, 11) is 0. The van der Waals surface area contributed by atoms with Gasteiger partial charge in [0.2, 0.25) is 0 Å². The first kappa shape index (κ1) is 12.4. The number of halogens is 2. The molecule has 0 aliphatic carbocycles. The Balaban J connectivity index is 2.02. The fourth-order valence-electron chi connectivity index (χ4n) is 1.56. The highest BCUT2D eigenvalue weighted by atomic mass is 79.9. The first-order valence-electron chi connectivity index (χ1n) is 5.40. The van der Waals surface area contributed by atoms with E-state index in [0.717, 1.165) is 5.69 Å². The van der Waals surface area contributed by atoms with Crippen molar-refractivity contribution in [1.82, 2.24) is 25.0 Å². The minimum absolute atomic E-state index is 0.517. The minimum atomic E-state index is 0.517. The predicted octanol–water partition coefficient (Wildman–Crippen LogP) is 3.25. The molecule has 0 radical (unpaired) electrons. The van der Waals surface area contributed by atoms with Gasteiger partial charge in [-0.15, -0.1) is 5.10 Å². The van der Waals surface area contributed by atoms with Gasteiger partial charge in [-0.2, -0.15) is 9.90 Å². The average Bonchev–Trinajstić information content (AvgIpc) is 2.88. The number of rotatable bonds is 2. The van der Waals surface area contributed by atoms with Crippen molar-refractivity contribution in [2.75, 3.05) is 0 Å². The average molecular weight is 381 g/mol. The Hall–Kier alpha value is -1.60. The van der Waals surface area contributed by atoms with Crippen molar-refractivity contribution in [3.63, 3.8) is 0 Å². The van der Waals surface area contributed by atoms with Crippen molar-refractivity contribution < 1.29 is 0 Å². The number of nitrogens with zero attached hydrogens (tertiary/aromatic N) is 5. The van der Waals surface area contributed by atoms with Crippen molar-refractivity contribution >= 4 is 31.9 Å². The lowest BCUT2D eigenvalue weighted by Gasteiger charge is -1.98. The van der Waals surface area contributed by atoms with Crippen LogP contribution in [0.4, 0.5) is 0 Å². The van der Waals surface area contributed by atoms with Crippen molar-refractivity contribution in [3.05, 3.63) is 51.8 Å². The molecule has 2 heterocycles. The Bertz CT molecular complexity index is 691. The van der Waals surface area contributed by atoms with Gasteiger partial charge in [0.1, 0.15) is 9.21 Å². The fourth-order valence-corrected chi connectivity index (χ4v) is 2.63. The zero-order valence-corrected chi connectivity index (χ0v) is 12.7. The Morgan fingerprint density at radius 3 is 2.32 bits per heavy atom. The molecule has 0 aliphatic heterocycles. The summed E-state index contributed by atoms with van der Waals surface area (Å²) in [6, 6.07) is 11.5. The zero-order valence-electron chi connectivity index (χ0n) is 9.53. The summed E-state index contributed by atoms with van der Waals surface area (Å²) in [4.78, 5) is 10.1. The van der Waals surface area contributed by atoms with Crippen LogP contribution in [0.25, 0.3) is 17.2 Å². The Morgan fingerprint density at radius 1 is 0.947 bits per heavy atom. The van der Waals surface area contributed by atoms with Crippen LogP contribution in [0.2, 0.25) is 0 Å². The lowest BCUT2D eigenvalue weighted by molar-refractivity contribution is 0.752. The van der Waals surface area contributed by atoms with Crippen molar-refractivity contribution in [2.24, 2.45) is 0 Å². The van der Waals surface area contributed by atoms with Gasteiger partial charge in [0, 0.05) is 6.07 Å². The molecule has 19 heavy (non-hydrogen) atoms. The normalized spacial score (nSPS) is 10.6. The minimum Gasteiger partial charge on any atom is -0.219 e. The molecule has 0 fully saturated rings.